The summed E-state index contributed by atoms with van der Waals surface area (Å²) in [6, 6.07) is 177. The summed E-state index contributed by atoms with van der Waals surface area (Å²) >= 11 is 1.86. The van der Waals surface area contributed by atoms with Gasteiger partial charge in [0, 0.05) is 96.8 Å². The highest BCUT2D eigenvalue weighted by Gasteiger charge is 2.27. The van der Waals surface area contributed by atoms with Crippen LogP contribution in [0, 0.1) is 0 Å². The van der Waals surface area contributed by atoms with Gasteiger partial charge in [0.15, 0.2) is 17.5 Å². The molecule has 0 fully saturated rings. The van der Waals surface area contributed by atoms with Crippen molar-refractivity contribution >= 4 is 142 Å². The molecule has 0 amide bonds. The Hall–Kier alpha value is -19.9. The Kier molecular flexibility index (Phi) is 21.9. The van der Waals surface area contributed by atoms with Crippen LogP contribution >= 0.6 is 11.3 Å². The number of thiophene rings is 1. The molecular formula is C138H84N6O5S. The molecule has 150 heavy (non-hydrogen) atoms. The van der Waals surface area contributed by atoms with Crippen LogP contribution < -0.4 is 0 Å². The standard InChI is InChI=1S/C52H32N2O2.C46H28N2O2.C40H24N2OS/c1-2-11-33(12-3-1)34-23-25-35(26-24-34)38-13-8-14-39(31-38)40-15-9-16-41(32-40)51-53-49(48-45-18-5-7-22-47(45)56-52(48)54-51)37-29-27-36(28-30-37)42-19-10-20-44-43-17-4-6-21-46(43)55-50(42)44;1-2-11-29(12-3-1)30-23-25-31(26-24-30)32-13-8-14-33(27-32)34-15-9-16-35(28-34)45-47-43(42-38-18-5-7-22-41(38)50-46(42)48-45)39-20-10-19-37-36-17-4-6-21-40(36)49-44(37)39;1-2-11-25(12-3-1)37-36-33-18-4-6-21-34(33)43-40(36)42-39(41-37)29-16-9-14-27(24-29)26-13-8-15-28(23-26)30-19-10-20-32-31-17-5-7-22-35(31)44-38(30)32/h1-32H;1-28H;1-24H. The predicted octanol–water partition coefficient (Wildman–Crippen LogP) is 38.3. The summed E-state index contributed by atoms with van der Waals surface area (Å²) in [6.07, 6.45) is 0. The van der Waals surface area contributed by atoms with Crippen molar-refractivity contribution in [2.24, 2.45) is 0 Å². The summed E-state index contributed by atoms with van der Waals surface area (Å²) in [7, 11) is 0. The lowest BCUT2D eigenvalue weighted by Gasteiger charge is -2.10. The first kappa shape index (κ1) is 87.8. The van der Waals surface area contributed by atoms with E-state index in [1.807, 2.05) is 127 Å². The molecule has 12 heteroatoms. The molecular weight excluding hydrogens is 1850 g/mol. The van der Waals surface area contributed by atoms with Gasteiger partial charge in [0.2, 0.25) is 17.1 Å². The molecule has 21 aromatic carbocycles. The van der Waals surface area contributed by atoms with Crippen LogP contribution in [0.25, 0.3) is 298 Å². The minimum Gasteiger partial charge on any atom is -0.455 e. The number of hydrogen-bond donors (Lipinski definition) is 0. The number of fused-ring (bicyclic) bond motifs is 18. The van der Waals surface area contributed by atoms with Gasteiger partial charge in [0.05, 0.1) is 33.2 Å². The molecule has 9 heterocycles. The van der Waals surface area contributed by atoms with Crippen LogP contribution in [0.1, 0.15) is 0 Å². The molecule has 0 N–H and O–H groups in total. The van der Waals surface area contributed by atoms with Crippen LogP contribution in [0.2, 0.25) is 0 Å². The van der Waals surface area contributed by atoms with Crippen molar-refractivity contribution in [3.63, 3.8) is 0 Å². The molecule has 30 aromatic rings. The summed E-state index contributed by atoms with van der Waals surface area (Å²) in [6.45, 7) is 0. The fourth-order valence-corrected chi connectivity index (χ4v) is 22.5. The van der Waals surface area contributed by atoms with Crippen LogP contribution in [0.15, 0.2) is 532 Å². The maximum Gasteiger partial charge on any atom is 0.231 e. The van der Waals surface area contributed by atoms with Crippen molar-refractivity contribution in [2.75, 3.05) is 0 Å². The Morgan fingerprint density at radius 3 is 0.827 bits per heavy atom. The van der Waals surface area contributed by atoms with Crippen LogP contribution in [0.4, 0.5) is 0 Å². The molecule has 0 atom stereocenters. The molecule has 0 spiro atoms. The van der Waals surface area contributed by atoms with E-state index in [9.17, 15) is 0 Å². The van der Waals surface area contributed by atoms with E-state index < -0.39 is 0 Å². The molecule has 0 aliphatic carbocycles. The number of para-hydroxylation sites is 7. The van der Waals surface area contributed by atoms with Crippen molar-refractivity contribution < 1.29 is 22.1 Å². The van der Waals surface area contributed by atoms with Crippen LogP contribution in [-0.4, -0.2) is 29.9 Å². The largest absolute Gasteiger partial charge is 0.455 e. The van der Waals surface area contributed by atoms with Crippen LogP contribution in [0.5, 0.6) is 0 Å². The highest BCUT2D eigenvalue weighted by molar-refractivity contribution is 7.26. The average molecular weight is 1940 g/mol. The summed E-state index contributed by atoms with van der Waals surface area (Å²) < 4.78 is 34.5. The van der Waals surface area contributed by atoms with Gasteiger partial charge < -0.3 is 22.1 Å². The molecule has 0 radical (unpaired) electrons. The predicted molar refractivity (Wildman–Crippen MR) is 617 cm³/mol. The minimum absolute atomic E-state index is 0.547. The number of benzene rings is 21. The van der Waals surface area contributed by atoms with E-state index in [1.165, 1.54) is 64.7 Å². The Morgan fingerprint density at radius 2 is 0.400 bits per heavy atom. The van der Waals surface area contributed by atoms with Crippen molar-refractivity contribution in [1.82, 2.24) is 29.9 Å². The van der Waals surface area contributed by atoms with Gasteiger partial charge in [-0.25, -0.2) is 15.0 Å². The van der Waals surface area contributed by atoms with Gasteiger partial charge in [0.25, 0.3) is 0 Å². The molecule has 0 aliphatic heterocycles. The highest BCUT2D eigenvalue weighted by Crippen LogP contribution is 2.48. The normalized spacial score (nSPS) is 11.6. The fraction of sp³-hybridized carbons (Fsp3) is 0. The minimum atomic E-state index is 0.547. The molecule has 0 aliphatic rings. The first-order chi connectivity index (χ1) is 74.3. The summed E-state index contributed by atoms with van der Waals surface area (Å²) in [5, 5.41) is 12.7. The van der Waals surface area contributed by atoms with Crippen molar-refractivity contribution in [1.29, 1.82) is 0 Å². The van der Waals surface area contributed by atoms with Crippen molar-refractivity contribution in [3.05, 3.63) is 510 Å². The maximum absolute atomic E-state index is 6.48. The van der Waals surface area contributed by atoms with Gasteiger partial charge in [-0.15, -0.1) is 11.3 Å². The molecule has 0 bridgehead atoms. The number of rotatable bonds is 15. The molecule has 0 unspecified atom stereocenters. The highest BCUT2D eigenvalue weighted by atomic mass is 32.1. The second-order valence-electron chi connectivity index (χ2n) is 37.7. The van der Waals surface area contributed by atoms with Gasteiger partial charge in [0.1, 0.15) is 39.1 Å². The Bertz CT molecular complexity index is 10500. The van der Waals surface area contributed by atoms with E-state index in [0.717, 1.165) is 199 Å². The Balaban J connectivity index is 0.000000109. The lowest BCUT2D eigenvalue weighted by molar-refractivity contribution is 0.653. The fourth-order valence-electron chi connectivity index (χ4n) is 21.3. The first-order valence-corrected chi connectivity index (χ1v) is 51.0. The third kappa shape index (κ3) is 16.1. The van der Waals surface area contributed by atoms with Gasteiger partial charge in [-0.3, -0.25) is 0 Å². The summed E-state index contributed by atoms with van der Waals surface area (Å²) in [5.41, 5.74) is 36.4. The zero-order chi connectivity index (χ0) is 99.1. The molecule has 30 rings (SSSR count). The second-order valence-corrected chi connectivity index (χ2v) is 38.7. The van der Waals surface area contributed by atoms with E-state index in [2.05, 4.69) is 394 Å². The van der Waals surface area contributed by atoms with E-state index in [4.69, 9.17) is 52.0 Å². The van der Waals surface area contributed by atoms with E-state index in [0.29, 0.717) is 34.6 Å². The van der Waals surface area contributed by atoms with Gasteiger partial charge in [-0.2, -0.15) is 15.0 Å². The zero-order valence-electron chi connectivity index (χ0n) is 80.6. The SMILES string of the molecule is c1ccc(-c2ccc(-c3cccc(-c4cccc(-c5nc(-c6ccc(-c7cccc8c7oc7ccccc78)cc6)c6c(n5)oc5ccccc56)c4)c3)cc2)cc1.c1ccc(-c2ccc(-c3cccc(-c4cccc(-c5nc(-c6cccc7c6oc6ccccc67)c6c(n5)oc5ccccc56)c4)c3)cc2)cc1.c1ccc(-c2nc(-c3cccc(-c4cccc(-c5cccc6c5sc5ccccc56)c4)c3)nc3oc4ccccc4c23)cc1. The average Bonchev–Trinajstić information content (AvgIpc) is 1.58. The monoisotopic (exact) mass is 1940 g/mol. The number of nitrogens with zero attached hydrogens (tertiary/aromatic N) is 6. The first-order valence-electron chi connectivity index (χ1n) is 50.2. The van der Waals surface area contributed by atoms with Crippen molar-refractivity contribution in [3.8, 4) is 168 Å². The lowest BCUT2D eigenvalue weighted by Crippen LogP contribution is -1.94. The Morgan fingerprint density at radius 1 is 0.147 bits per heavy atom. The van der Waals surface area contributed by atoms with Crippen molar-refractivity contribution in [2.45, 2.75) is 0 Å². The molecule has 0 saturated carbocycles. The number of hydrogen-bond acceptors (Lipinski definition) is 12. The second kappa shape index (κ2) is 37.4. The summed E-state index contributed by atoms with van der Waals surface area (Å²) in [4.78, 5) is 30.7. The van der Waals surface area contributed by atoms with E-state index >= 15 is 0 Å². The number of aromatic nitrogens is 6. The maximum atomic E-state index is 6.48. The topological polar surface area (TPSA) is 143 Å². The van der Waals surface area contributed by atoms with Gasteiger partial charge in [-0.1, -0.05) is 431 Å². The third-order valence-electron chi connectivity index (χ3n) is 28.6. The third-order valence-corrected chi connectivity index (χ3v) is 29.8. The zero-order valence-corrected chi connectivity index (χ0v) is 81.4. The summed E-state index contributed by atoms with van der Waals surface area (Å²) in [5.74, 6) is 1.84. The van der Waals surface area contributed by atoms with Crippen LogP contribution in [-0.2, 0) is 0 Å². The quantitative estimate of drug-likeness (QED) is 0.0968. The van der Waals surface area contributed by atoms with Crippen LogP contribution in [0.3, 0.4) is 0 Å². The van der Waals surface area contributed by atoms with Gasteiger partial charge >= 0.3 is 0 Å². The molecule has 11 nitrogen and oxygen atoms in total. The van der Waals surface area contributed by atoms with E-state index in [1.54, 1.807) is 0 Å². The molecule has 9 aromatic heterocycles. The number of furan rings is 5. The molecule has 0 saturated heterocycles. The van der Waals surface area contributed by atoms with E-state index in [-0.39, 0.29) is 0 Å². The molecule has 702 valence electrons. The van der Waals surface area contributed by atoms with Gasteiger partial charge in [-0.05, 0) is 173 Å². The Labute approximate surface area is 865 Å². The smallest absolute Gasteiger partial charge is 0.231 e. The lowest BCUT2D eigenvalue weighted by atomic mass is 9.96.